The van der Waals surface area contributed by atoms with Gasteiger partial charge in [-0.15, -0.1) is 0 Å². The molecule has 2 aromatic heterocycles. The molecule has 1 aromatic carbocycles. The summed E-state index contributed by atoms with van der Waals surface area (Å²) in [5.41, 5.74) is 2.48. The minimum absolute atomic E-state index is 0.0790. The monoisotopic (exact) mass is 275 g/mol. The number of hydrogen-bond acceptors (Lipinski definition) is 3. The third kappa shape index (κ3) is 1.99. The molecule has 0 aliphatic heterocycles. The fourth-order valence-electron chi connectivity index (χ4n) is 2.00. The molecule has 3 aromatic rings. The van der Waals surface area contributed by atoms with E-state index in [1.807, 2.05) is 13.8 Å². The maximum absolute atomic E-state index is 13.6. The first-order valence-corrected chi connectivity index (χ1v) is 5.99. The van der Waals surface area contributed by atoms with Gasteiger partial charge in [0.25, 0.3) is 0 Å². The molecule has 102 valence electrons. The van der Waals surface area contributed by atoms with Crippen molar-refractivity contribution in [3.8, 4) is 11.6 Å². The van der Waals surface area contributed by atoms with E-state index in [2.05, 4.69) is 15.0 Å². The summed E-state index contributed by atoms with van der Waals surface area (Å²) in [6.45, 7) is 3.80. The number of aromatic nitrogens is 3. The lowest BCUT2D eigenvalue weighted by atomic mass is 10.2. The fourth-order valence-corrected chi connectivity index (χ4v) is 2.00. The molecular weight excluding hydrogens is 264 g/mol. The second-order valence-electron chi connectivity index (χ2n) is 4.45. The van der Waals surface area contributed by atoms with Gasteiger partial charge in [0.1, 0.15) is 17.8 Å². The zero-order valence-corrected chi connectivity index (χ0v) is 10.9. The van der Waals surface area contributed by atoms with E-state index in [4.69, 9.17) is 4.74 Å². The van der Waals surface area contributed by atoms with E-state index in [1.165, 1.54) is 12.4 Å². The van der Waals surface area contributed by atoms with Gasteiger partial charge in [0.2, 0.25) is 5.88 Å². The van der Waals surface area contributed by atoms with Gasteiger partial charge < -0.3 is 9.72 Å². The average molecular weight is 275 g/mol. The van der Waals surface area contributed by atoms with E-state index in [1.54, 1.807) is 0 Å². The Morgan fingerprint density at radius 1 is 1.15 bits per heavy atom. The Balaban J connectivity index is 2.11. The van der Waals surface area contributed by atoms with Crippen molar-refractivity contribution in [3.63, 3.8) is 0 Å². The molecule has 0 unspecified atom stereocenters. The summed E-state index contributed by atoms with van der Waals surface area (Å²) in [5.74, 6) is -1.27. The van der Waals surface area contributed by atoms with Crippen LogP contribution in [0.5, 0.6) is 11.6 Å². The average Bonchev–Trinajstić information content (AvgIpc) is 2.69. The summed E-state index contributed by atoms with van der Waals surface area (Å²) in [7, 11) is 0. The van der Waals surface area contributed by atoms with Crippen molar-refractivity contribution in [1.82, 2.24) is 15.0 Å². The molecule has 3 rings (SSSR count). The van der Waals surface area contributed by atoms with Gasteiger partial charge in [-0.2, -0.15) is 0 Å². The summed E-state index contributed by atoms with van der Waals surface area (Å²) in [6.07, 6.45) is 1.33. The maximum atomic E-state index is 13.6. The lowest BCUT2D eigenvalue weighted by Gasteiger charge is -2.07. The minimum Gasteiger partial charge on any atom is -0.435 e. The predicted molar refractivity (Wildman–Crippen MR) is 69.8 cm³/mol. The van der Waals surface area contributed by atoms with E-state index in [-0.39, 0.29) is 11.6 Å². The van der Waals surface area contributed by atoms with Gasteiger partial charge in [-0.25, -0.2) is 18.7 Å². The van der Waals surface area contributed by atoms with E-state index in [0.29, 0.717) is 11.0 Å². The molecule has 0 amide bonds. The first-order valence-electron chi connectivity index (χ1n) is 5.99. The number of aryl methyl sites for hydroxylation is 2. The van der Waals surface area contributed by atoms with E-state index in [9.17, 15) is 8.78 Å². The molecule has 1 N–H and O–H groups in total. The molecule has 4 nitrogen and oxygen atoms in total. The highest BCUT2D eigenvalue weighted by atomic mass is 19.1. The number of benzene rings is 1. The van der Waals surface area contributed by atoms with Gasteiger partial charge >= 0.3 is 0 Å². The zero-order valence-electron chi connectivity index (χ0n) is 10.9. The maximum Gasteiger partial charge on any atom is 0.232 e. The summed E-state index contributed by atoms with van der Waals surface area (Å²) >= 11 is 0. The molecule has 0 radical (unpaired) electrons. The first-order chi connectivity index (χ1) is 9.56. The lowest BCUT2D eigenvalue weighted by molar-refractivity contribution is 0.427. The molecule has 2 heterocycles. The molecule has 20 heavy (non-hydrogen) atoms. The highest BCUT2D eigenvalue weighted by molar-refractivity contribution is 5.85. The number of aromatic amines is 1. The number of fused-ring (bicyclic) bond motifs is 1. The Morgan fingerprint density at radius 3 is 2.70 bits per heavy atom. The van der Waals surface area contributed by atoms with Crippen LogP contribution in [0.3, 0.4) is 0 Å². The Bertz CT molecular complexity index is 798. The van der Waals surface area contributed by atoms with Crippen LogP contribution in [-0.2, 0) is 0 Å². The molecule has 0 bridgehead atoms. The summed E-state index contributed by atoms with van der Waals surface area (Å²) in [4.78, 5) is 11.2. The van der Waals surface area contributed by atoms with E-state index in [0.717, 1.165) is 23.4 Å². The number of hydrogen-bond donors (Lipinski definition) is 1. The second kappa shape index (κ2) is 4.56. The standard InChI is InChI=1S/C14H11F2N3O/c1-7-8(2)19-13-12(7)14(18-6-17-13)20-11-4-3-9(15)5-10(11)16/h3-6H,1-2H3,(H,17,18,19). The smallest absolute Gasteiger partial charge is 0.232 e. The summed E-state index contributed by atoms with van der Waals surface area (Å²) in [6, 6.07) is 3.13. The Hall–Kier alpha value is -2.50. The topological polar surface area (TPSA) is 50.8 Å². The second-order valence-corrected chi connectivity index (χ2v) is 4.45. The van der Waals surface area contributed by atoms with Crippen LogP contribution in [0.1, 0.15) is 11.3 Å². The highest BCUT2D eigenvalue weighted by Crippen LogP contribution is 2.31. The molecule has 0 aliphatic carbocycles. The van der Waals surface area contributed by atoms with Crippen molar-refractivity contribution >= 4 is 11.0 Å². The summed E-state index contributed by atoms with van der Waals surface area (Å²) in [5, 5.41) is 0.689. The van der Waals surface area contributed by atoms with Crippen molar-refractivity contribution < 1.29 is 13.5 Å². The molecule has 0 saturated heterocycles. The molecule has 0 saturated carbocycles. The van der Waals surface area contributed by atoms with E-state index >= 15 is 0 Å². The van der Waals surface area contributed by atoms with Gasteiger partial charge in [-0.05, 0) is 31.5 Å². The van der Waals surface area contributed by atoms with Crippen LogP contribution in [0.15, 0.2) is 24.5 Å². The van der Waals surface area contributed by atoms with Crippen LogP contribution in [-0.4, -0.2) is 15.0 Å². The number of nitrogens with one attached hydrogen (secondary N) is 1. The molecule has 0 aliphatic rings. The van der Waals surface area contributed by atoms with Crippen LogP contribution in [0, 0.1) is 25.5 Å². The number of nitrogens with zero attached hydrogens (tertiary/aromatic N) is 2. The van der Waals surface area contributed by atoms with Gasteiger partial charge in [0.15, 0.2) is 11.6 Å². The third-order valence-corrected chi connectivity index (χ3v) is 3.16. The van der Waals surface area contributed by atoms with Crippen molar-refractivity contribution in [3.05, 3.63) is 47.4 Å². The molecule has 0 fully saturated rings. The lowest BCUT2D eigenvalue weighted by Crippen LogP contribution is -1.93. The summed E-state index contributed by atoms with van der Waals surface area (Å²) < 4.78 is 32.0. The number of halogens is 2. The van der Waals surface area contributed by atoms with E-state index < -0.39 is 11.6 Å². The zero-order chi connectivity index (χ0) is 14.3. The Kier molecular flexibility index (Phi) is 2.85. The van der Waals surface area contributed by atoms with Crippen LogP contribution < -0.4 is 4.74 Å². The normalized spacial score (nSPS) is 11.0. The minimum atomic E-state index is -0.776. The highest BCUT2D eigenvalue weighted by Gasteiger charge is 2.14. The molecular formula is C14H11F2N3O. The van der Waals surface area contributed by atoms with Gasteiger partial charge in [0, 0.05) is 11.8 Å². The van der Waals surface area contributed by atoms with Crippen LogP contribution >= 0.6 is 0 Å². The van der Waals surface area contributed by atoms with Crippen LogP contribution in [0.2, 0.25) is 0 Å². The number of ether oxygens (including phenoxy) is 1. The fraction of sp³-hybridized carbons (Fsp3) is 0.143. The van der Waals surface area contributed by atoms with Crippen molar-refractivity contribution in [2.75, 3.05) is 0 Å². The SMILES string of the molecule is Cc1[nH]c2ncnc(Oc3ccc(F)cc3F)c2c1C. The number of H-pyrrole nitrogens is 1. The van der Waals surface area contributed by atoms with Gasteiger partial charge in [-0.3, -0.25) is 0 Å². The Labute approximate surface area is 113 Å². The van der Waals surface area contributed by atoms with Crippen molar-refractivity contribution in [2.45, 2.75) is 13.8 Å². The van der Waals surface area contributed by atoms with Crippen LogP contribution in [0.4, 0.5) is 8.78 Å². The molecule has 0 spiro atoms. The molecule has 6 heteroatoms. The Morgan fingerprint density at radius 2 is 1.95 bits per heavy atom. The third-order valence-electron chi connectivity index (χ3n) is 3.16. The van der Waals surface area contributed by atoms with Crippen molar-refractivity contribution in [1.29, 1.82) is 0 Å². The van der Waals surface area contributed by atoms with Crippen LogP contribution in [0.25, 0.3) is 11.0 Å². The first kappa shape index (κ1) is 12.5. The molecule has 0 atom stereocenters. The predicted octanol–water partition coefficient (Wildman–Crippen LogP) is 3.65. The quantitative estimate of drug-likeness (QED) is 0.776. The largest absolute Gasteiger partial charge is 0.435 e. The van der Waals surface area contributed by atoms with Crippen molar-refractivity contribution in [2.24, 2.45) is 0 Å². The number of rotatable bonds is 2. The van der Waals surface area contributed by atoms with Gasteiger partial charge in [0.05, 0.1) is 5.39 Å². The van der Waals surface area contributed by atoms with Gasteiger partial charge in [-0.1, -0.05) is 0 Å².